The molecule has 0 bridgehead atoms. The Labute approximate surface area is 108 Å². The Hall–Kier alpha value is -0.970. The standard InChI is InChI=1S/C8H14.C6H12O2.CH4/c1-4-5-6-7-8(2)3;1-2-3-4-5-6(7)8;/h1,8H,5-7H2,2-3H3;2-5H2,1H3,(H,7,8);1H4. The van der Waals surface area contributed by atoms with E-state index in [1.807, 2.05) is 0 Å². The Balaban J connectivity index is -0.000000218. The van der Waals surface area contributed by atoms with E-state index in [2.05, 4.69) is 26.7 Å². The number of terminal acetylenes is 1. The quantitative estimate of drug-likeness (QED) is 0.517. The van der Waals surface area contributed by atoms with Crippen LogP contribution in [0.25, 0.3) is 0 Å². The minimum atomic E-state index is -0.682. The molecule has 0 saturated heterocycles. The lowest BCUT2D eigenvalue weighted by molar-refractivity contribution is -0.137. The lowest BCUT2D eigenvalue weighted by Gasteiger charge is -1.98. The van der Waals surface area contributed by atoms with E-state index >= 15 is 0 Å². The molecule has 0 aliphatic heterocycles. The van der Waals surface area contributed by atoms with Crippen LogP contribution in [0.4, 0.5) is 0 Å². The van der Waals surface area contributed by atoms with Gasteiger partial charge in [0.2, 0.25) is 0 Å². The molecule has 102 valence electrons. The van der Waals surface area contributed by atoms with Gasteiger partial charge >= 0.3 is 5.97 Å². The van der Waals surface area contributed by atoms with Crippen molar-refractivity contribution >= 4 is 5.97 Å². The van der Waals surface area contributed by atoms with Crippen molar-refractivity contribution in [1.82, 2.24) is 0 Å². The summed E-state index contributed by atoms with van der Waals surface area (Å²) in [5.74, 6) is 2.75. The third kappa shape index (κ3) is 31.3. The van der Waals surface area contributed by atoms with Gasteiger partial charge < -0.3 is 5.11 Å². The van der Waals surface area contributed by atoms with Gasteiger partial charge in [-0.3, -0.25) is 4.79 Å². The summed E-state index contributed by atoms with van der Waals surface area (Å²) in [4.78, 5) is 9.87. The lowest BCUT2D eigenvalue weighted by atomic mass is 10.1. The smallest absolute Gasteiger partial charge is 0.303 e. The Morgan fingerprint density at radius 1 is 1.29 bits per heavy atom. The van der Waals surface area contributed by atoms with E-state index in [1.54, 1.807) is 0 Å². The summed E-state index contributed by atoms with van der Waals surface area (Å²) in [5, 5.41) is 8.14. The number of carboxylic acid groups (broad SMARTS) is 1. The van der Waals surface area contributed by atoms with Crippen molar-refractivity contribution in [3.05, 3.63) is 0 Å². The minimum Gasteiger partial charge on any atom is -0.481 e. The second-order valence-corrected chi connectivity index (χ2v) is 4.34. The van der Waals surface area contributed by atoms with E-state index < -0.39 is 5.97 Å². The van der Waals surface area contributed by atoms with Crippen LogP contribution < -0.4 is 0 Å². The maximum absolute atomic E-state index is 9.87. The number of carboxylic acids is 1. The average molecular weight is 242 g/mol. The number of hydrogen-bond acceptors (Lipinski definition) is 1. The maximum atomic E-state index is 9.87. The third-order valence-electron chi connectivity index (χ3n) is 2.10. The molecule has 0 aliphatic rings. The van der Waals surface area contributed by atoms with Crippen molar-refractivity contribution in [3.8, 4) is 12.3 Å². The van der Waals surface area contributed by atoms with Crippen LogP contribution in [-0.4, -0.2) is 11.1 Å². The van der Waals surface area contributed by atoms with Gasteiger partial charge in [0.15, 0.2) is 0 Å². The van der Waals surface area contributed by atoms with Crippen LogP contribution in [0.1, 0.15) is 73.1 Å². The fourth-order valence-corrected chi connectivity index (χ4v) is 1.14. The molecule has 0 aromatic carbocycles. The van der Waals surface area contributed by atoms with Crippen LogP contribution in [0.15, 0.2) is 0 Å². The van der Waals surface area contributed by atoms with Crippen molar-refractivity contribution in [1.29, 1.82) is 0 Å². The molecule has 0 aromatic heterocycles. The van der Waals surface area contributed by atoms with Crippen molar-refractivity contribution in [3.63, 3.8) is 0 Å². The van der Waals surface area contributed by atoms with Crippen molar-refractivity contribution in [2.45, 2.75) is 73.1 Å². The second-order valence-electron chi connectivity index (χ2n) is 4.34. The van der Waals surface area contributed by atoms with Gasteiger partial charge in [0.05, 0.1) is 0 Å². The van der Waals surface area contributed by atoms with Crippen LogP contribution in [0, 0.1) is 18.3 Å². The minimum absolute atomic E-state index is 0. The number of carbonyl (C=O) groups is 1. The molecular formula is C15H30O2. The van der Waals surface area contributed by atoms with E-state index in [4.69, 9.17) is 11.5 Å². The molecule has 1 N–H and O–H groups in total. The van der Waals surface area contributed by atoms with Crippen LogP contribution in [-0.2, 0) is 4.79 Å². The summed E-state index contributed by atoms with van der Waals surface area (Å²) in [7, 11) is 0. The van der Waals surface area contributed by atoms with Crippen molar-refractivity contribution in [2.75, 3.05) is 0 Å². The van der Waals surface area contributed by atoms with Crippen LogP contribution >= 0.6 is 0 Å². The molecule has 2 nitrogen and oxygen atoms in total. The summed E-state index contributed by atoms with van der Waals surface area (Å²) in [5.41, 5.74) is 0. The number of rotatable bonds is 7. The highest BCUT2D eigenvalue weighted by molar-refractivity contribution is 5.66. The van der Waals surface area contributed by atoms with E-state index in [1.165, 1.54) is 12.8 Å². The molecule has 0 unspecified atom stereocenters. The van der Waals surface area contributed by atoms with Crippen LogP contribution in [0.3, 0.4) is 0 Å². The largest absolute Gasteiger partial charge is 0.481 e. The van der Waals surface area contributed by atoms with Gasteiger partial charge in [-0.1, -0.05) is 47.5 Å². The molecule has 0 aliphatic carbocycles. The van der Waals surface area contributed by atoms with E-state index in [9.17, 15) is 4.79 Å². The zero-order valence-corrected chi connectivity index (χ0v) is 11.0. The first-order chi connectivity index (χ1) is 7.54. The fraction of sp³-hybridized carbons (Fsp3) is 0.800. The summed E-state index contributed by atoms with van der Waals surface area (Å²) in [6, 6.07) is 0. The SMILES string of the molecule is C.C#CCCCC(C)C.CCCCCC(=O)O. The summed E-state index contributed by atoms with van der Waals surface area (Å²) >= 11 is 0. The van der Waals surface area contributed by atoms with Gasteiger partial charge in [0, 0.05) is 12.8 Å². The molecule has 0 radical (unpaired) electrons. The first kappa shape index (κ1) is 21.3. The van der Waals surface area contributed by atoms with Gasteiger partial charge in [-0.2, -0.15) is 0 Å². The molecule has 0 rings (SSSR count). The topological polar surface area (TPSA) is 37.3 Å². The van der Waals surface area contributed by atoms with E-state index in [-0.39, 0.29) is 7.43 Å². The second kappa shape index (κ2) is 17.4. The van der Waals surface area contributed by atoms with Crippen molar-refractivity contribution < 1.29 is 9.90 Å². The molecule has 0 spiro atoms. The van der Waals surface area contributed by atoms with E-state index in [0.717, 1.165) is 31.6 Å². The Bertz CT molecular complexity index is 190. The van der Waals surface area contributed by atoms with Crippen molar-refractivity contribution in [2.24, 2.45) is 5.92 Å². The predicted octanol–water partition coefficient (Wildman–Crippen LogP) is 4.73. The van der Waals surface area contributed by atoms with Gasteiger partial charge in [-0.05, 0) is 18.8 Å². The zero-order chi connectivity index (χ0) is 12.8. The number of aliphatic carboxylic acids is 1. The molecule has 0 saturated carbocycles. The monoisotopic (exact) mass is 242 g/mol. The molecule has 17 heavy (non-hydrogen) atoms. The highest BCUT2D eigenvalue weighted by atomic mass is 16.4. The first-order valence-corrected chi connectivity index (χ1v) is 6.19. The highest BCUT2D eigenvalue weighted by Gasteiger charge is 1.92. The summed E-state index contributed by atoms with van der Waals surface area (Å²) in [6.45, 7) is 6.49. The van der Waals surface area contributed by atoms with Gasteiger partial charge in [0.25, 0.3) is 0 Å². The summed E-state index contributed by atoms with van der Waals surface area (Å²) in [6.07, 6.45) is 11.7. The lowest BCUT2D eigenvalue weighted by Crippen LogP contribution is -1.92. The average Bonchev–Trinajstić information content (AvgIpc) is 2.18. The highest BCUT2D eigenvalue weighted by Crippen LogP contribution is 2.04. The molecule has 0 heterocycles. The van der Waals surface area contributed by atoms with Gasteiger partial charge in [-0.25, -0.2) is 0 Å². The normalized spacial score (nSPS) is 8.65. The van der Waals surface area contributed by atoms with Crippen LogP contribution in [0.2, 0.25) is 0 Å². The first-order valence-electron chi connectivity index (χ1n) is 6.19. The number of unbranched alkanes of at least 4 members (excludes halogenated alkanes) is 3. The van der Waals surface area contributed by atoms with Gasteiger partial charge in [0.1, 0.15) is 0 Å². The molecule has 0 amide bonds. The maximum Gasteiger partial charge on any atom is 0.303 e. The van der Waals surface area contributed by atoms with Gasteiger partial charge in [-0.15, -0.1) is 12.3 Å². The Morgan fingerprint density at radius 2 is 1.88 bits per heavy atom. The zero-order valence-electron chi connectivity index (χ0n) is 11.0. The predicted molar refractivity (Wildman–Crippen MR) is 76.0 cm³/mol. The third-order valence-corrected chi connectivity index (χ3v) is 2.10. The Kier molecular flexibility index (Phi) is 21.9. The molecular weight excluding hydrogens is 212 g/mol. The number of hydrogen-bond donors (Lipinski definition) is 1. The molecule has 0 fully saturated rings. The fourth-order valence-electron chi connectivity index (χ4n) is 1.14. The summed E-state index contributed by atoms with van der Waals surface area (Å²) < 4.78 is 0. The van der Waals surface area contributed by atoms with Crippen LogP contribution in [0.5, 0.6) is 0 Å². The molecule has 0 atom stereocenters. The Morgan fingerprint density at radius 3 is 2.24 bits per heavy atom. The molecule has 2 heteroatoms. The van der Waals surface area contributed by atoms with E-state index in [0.29, 0.717) is 6.42 Å². The molecule has 0 aromatic rings.